The predicted molar refractivity (Wildman–Crippen MR) is 156 cm³/mol. The molecular weight excluding hydrogens is 508 g/mol. The molecule has 1 heterocycles. The first-order chi connectivity index (χ1) is 19.2. The van der Waals surface area contributed by atoms with Crippen molar-refractivity contribution in [3.63, 3.8) is 0 Å². The van der Waals surface area contributed by atoms with Crippen LogP contribution in [0.3, 0.4) is 0 Å². The van der Waals surface area contributed by atoms with Gasteiger partial charge in [0.2, 0.25) is 0 Å². The second-order valence-corrected chi connectivity index (χ2v) is 13.0. The molecule has 0 amide bonds. The second kappa shape index (κ2) is 17.7. The van der Waals surface area contributed by atoms with Gasteiger partial charge in [0.15, 0.2) is 0 Å². The Morgan fingerprint density at radius 2 is 1.62 bits per heavy atom. The number of esters is 2. The first-order valence-electron chi connectivity index (χ1n) is 16.4. The van der Waals surface area contributed by atoms with Gasteiger partial charge in [-0.3, -0.25) is 9.59 Å². The van der Waals surface area contributed by atoms with Crippen molar-refractivity contribution in [2.45, 2.75) is 167 Å². The fourth-order valence-electron chi connectivity index (χ4n) is 7.42. The van der Waals surface area contributed by atoms with E-state index in [9.17, 15) is 14.7 Å². The fourth-order valence-corrected chi connectivity index (χ4v) is 7.42. The molecule has 0 radical (unpaired) electrons. The number of nitrogens with one attached hydrogen (secondary N) is 1. The van der Waals surface area contributed by atoms with E-state index in [1.807, 2.05) is 0 Å². The summed E-state index contributed by atoms with van der Waals surface area (Å²) in [6.45, 7) is 5.99. The maximum Gasteiger partial charge on any atom is 0.302 e. The van der Waals surface area contributed by atoms with E-state index in [-0.39, 0.29) is 48.4 Å². The lowest BCUT2D eigenvalue weighted by molar-refractivity contribution is -0.154. The first-order valence-corrected chi connectivity index (χ1v) is 16.4. The summed E-state index contributed by atoms with van der Waals surface area (Å²) in [7, 11) is 0. The second-order valence-electron chi connectivity index (χ2n) is 13.0. The molecule has 40 heavy (non-hydrogen) atoms. The molecule has 1 saturated heterocycles. The van der Waals surface area contributed by atoms with Gasteiger partial charge in [0.05, 0.1) is 24.5 Å². The van der Waals surface area contributed by atoms with Crippen LogP contribution in [0.25, 0.3) is 0 Å². The molecule has 3 aliphatic rings. The van der Waals surface area contributed by atoms with E-state index >= 15 is 0 Å². The number of rotatable bonds is 15. The van der Waals surface area contributed by atoms with E-state index in [1.54, 1.807) is 0 Å². The number of carbonyl (C=O) groups is 2. The number of carbonyl (C=O) groups excluding carboxylic acids is 2. The van der Waals surface area contributed by atoms with Crippen LogP contribution in [0.1, 0.15) is 130 Å². The van der Waals surface area contributed by atoms with Gasteiger partial charge in [-0.1, -0.05) is 39.0 Å². The topological polar surface area (TPSA) is 120 Å². The van der Waals surface area contributed by atoms with Gasteiger partial charge in [-0.25, -0.2) is 0 Å². The molecule has 8 atom stereocenters. The lowest BCUT2D eigenvalue weighted by Gasteiger charge is -2.43. The Morgan fingerprint density at radius 3 is 2.27 bits per heavy atom. The average molecular weight is 567 g/mol. The zero-order chi connectivity index (χ0) is 28.9. The van der Waals surface area contributed by atoms with Crippen LogP contribution >= 0.6 is 0 Å². The van der Waals surface area contributed by atoms with Crippen LogP contribution in [0.2, 0.25) is 0 Å². The molecule has 0 aromatic rings. The number of nitrogens with two attached hydrogens (primary N) is 1. The van der Waals surface area contributed by atoms with Crippen LogP contribution < -0.4 is 11.1 Å². The minimum absolute atomic E-state index is 0.0385. The summed E-state index contributed by atoms with van der Waals surface area (Å²) in [5.74, 6) is 0.525. The molecule has 3 rings (SSSR count). The lowest BCUT2D eigenvalue weighted by Crippen LogP contribution is -2.47. The maximum atomic E-state index is 12.0. The third-order valence-corrected chi connectivity index (χ3v) is 9.39. The van der Waals surface area contributed by atoms with E-state index in [1.165, 1.54) is 33.1 Å². The molecule has 0 spiro atoms. The van der Waals surface area contributed by atoms with Gasteiger partial charge in [-0.15, -0.1) is 0 Å². The monoisotopic (exact) mass is 566 g/mol. The van der Waals surface area contributed by atoms with Crippen LogP contribution in [-0.2, 0) is 23.8 Å². The fraction of sp³-hybridized carbons (Fsp3) is 0.938. The summed E-state index contributed by atoms with van der Waals surface area (Å²) in [5, 5.41) is 14.8. The highest BCUT2D eigenvalue weighted by Crippen LogP contribution is 2.40. The molecule has 4 N–H and O–H groups in total. The highest BCUT2D eigenvalue weighted by molar-refractivity contribution is 5.66. The number of hydrogen-bond acceptors (Lipinski definition) is 8. The third kappa shape index (κ3) is 11.9. The van der Waals surface area contributed by atoms with Crippen molar-refractivity contribution in [3.05, 3.63) is 0 Å². The molecule has 232 valence electrons. The average Bonchev–Trinajstić information content (AvgIpc) is 2.90. The number of piperidine rings is 1. The summed E-state index contributed by atoms with van der Waals surface area (Å²) in [4.78, 5) is 23.8. The number of ether oxygens (including phenoxy) is 3. The molecule has 0 aromatic heterocycles. The summed E-state index contributed by atoms with van der Waals surface area (Å²) < 4.78 is 18.0. The van der Waals surface area contributed by atoms with Gasteiger partial charge in [-0.2, -0.15) is 0 Å². The number of hydrogen-bond donors (Lipinski definition) is 3. The smallest absolute Gasteiger partial charge is 0.302 e. The molecule has 3 fully saturated rings. The van der Waals surface area contributed by atoms with Gasteiger partial charge < -0.3 is 30.4 Å². The van der Waals surface area contributed by atoms with Crippen molar-refractivity contribution in [2.75, 3.05) is 6.54 Å². The van der Waals surface area contributed by atoms with Crippen molar-refractivity contribution in [2.24, 2.45) is 23.5 Å². The molecular formula is C32H58N2O6. The van der Waals surface area contributed by atoms with Crippen molar-refractivity contribution in [1.82, 2.24) is 5.32 Å². The minimum atomic E-state index is -0.444. The van der Waals surface area contributed by atoms with Crippen molar-refractivity contribution in [3.8, 4) is 0 Å². The SMILES string of the molecule is CCCCCC(CC(CCC1CC(CC2CCNC(N)C2)C(O)C(OC2CCCCC2)C1)OC(C)=O)OC(C)=O. The Hall–Kier alpha value is -1.22. The van der Waals surface area contributed by atoms with E-state index in [4.69, 9.17) is 19.9 Å². The molecule has 0 aromatic carbocycles. The highest BCUT2D eigenvalue weighted by atomic mass is 16.6. The van der Waals surface area contributed by atoms with Crippen molar-refractivity contribution in [1.29, 1.82) is 0 Å². The lowest BCUT2D eigenvalue weighted by atomic mass is 9.71. The third-order valence-electron chi connectivity index (χ3n) is 9.39. The molecule has 8 nitrogen and oxygen atoms in total. The molecule has 8 heteroatoms. The number of aliphatic hydroxyl groups excluding tert-OH is 1. The van der Waals surface area contributed by atoms with Crippen LogP contribution in [0.4, 0.5) is 0 Å². The van der Waals surface area contributed by atoms with E-state index in [0.29, 0.717) is 18.3 Å². The Bertz CT molecular complexity index is 745. The Morgan fingerprint density at radius 1 is 0.925 bits per heavy atom. The zero-order valence-electron chi connectivity index (χ0n) is 25.5. The number of aliphatic hydroxyl groups is 1. The van der Waals surface area contributed by atoms with E-state index in [2.05, 4.69) is 12.2 Å². The normalized spacial score (nSPS) is 31.3. The van der Waals surface area contributed by atoms with Gasteiger partial charge >= 0.3 is 11.9 Å². The van der Waals surface area contributed by atoms with Crippen molar-refractivity contribution < 1.29 is 28.9 Å². The Balaban J connectivity index is 1.64. The van der Waals surface area contributed by atoms with Gasteiger partial charge in [0, 0.05) is 20.3 Å². The van der Waals surface area contributed by atoms with Crippen molar-refractivity contribution >= 4 is 11.9 Å². The first kappa shape index (κ1) is 33.3. The summed E-state index contributed by atoms with van der Waals surface area (Å²) >= 11 is 0. The Labute approximate surface area is 242 Å². The predicted octanol–water partition coefficient (Wildman–Crippen LogP) is 5.38. The van der Waals surface area contributed by atoms with Crippen LogP contribution in [0.15, 0.2) is 0 Å². The maximum absolute atomic E-state index is 12.0. The highest BCUT2D eigenvalue weighted by Gasteiger charge is 2.40. The van der Waals surface area contributed by atoms with Crippen LogP contribution in [0, 0.1) is 17.8 Å². The van der Waals surface area contributed by atoms with Gasteiger partial charge in [0.1, 0.15) is 12.2 Å². The molecule has 8 unspecified atom stereocenters. The Kier molecular flexibility index (Phi) is 14.7. The molecule has 1 aliphatic heterocycles. The van der Waals surface area contributed by atoms with Crippen LogP contribution in [0.5, 0.6) is 0 Å². The minimum Gasteiger partial charge on any atom is -0.462 e. The quantitative estimate of drug-likeness (QED) is 0.179. The van der Waals surface area contributed by atoms with Gasteiger partial charge in [-0.05, 0) is 94.9 Å². The standard InChI is InChI=1S/C32H58N2O6/c1-4-5-7-12-28(38-22(2)35)21-29(39-23(3)36)14-13-24-17-26(18-25-15-16-34-31(33)20-25)32(37)30(19-24)40-27-10-8-6-9-11-27/h24-32,34,37H,4-21,33H2,1-3H3. The summed E-state index contributed by atoms with van der Waals surface area (Å²) in [5.41, 5.74) is 6.20. The van der Waals surface area contributed by atoms with Crippen LogP contribution in [-0.4, -0.2) is 60.3 Å². The molecule has 2 saturated carbocycles. The molecule has 2 aliphatic carbocycles. The summed E-state index contributed by atoms with van der Waals surface area (Å²) in [6.07, 6.45) is 16.0. The summed E-state index contributed by atoms with van der Waals surface area (Å²) in [6, 6.07) is 0. The van der Waals surface area contributed by atoms with E-state index < -0.39 is 6.10 Å². The van der Waals surface area contributed by atoms with E-state index in [0.717, 1.165) is 90.0 Å². The largest absolute Gasteiger partial charge is 0.462 e. The zero-order valence-corrected chi connectivity index (χ0v) is 25.5. The van der Waals surface area contributed by atoms with Gasteiger partial charge in [0.25, 0.3) is 0 Å². The molecule has 0 bridgehead atoms. The number of unbranched alkanes of at least 4 members (excludes halogenated alkanes) is 2.